The summed E-state index contributed by atoms with van der Waals surface area (Å²) < 4.78 is 4.83. The standard InChI is InChI=1S/C13H26O4/c1-6-7-8-12(9-15-10-14)11(2)16-17-13(3,4)5/h10-12H,6-9H2,1-5H3. The number of unbranched alkanes of at least 4 members (excludes halogenated alkanes) is 1. The molecule has 0 aromatic heterocycles. The van der Waals surface area contributed by atoms with E-state index in [0.717, 1.165) is 19.3 Å². The normalized spacial score (nSPS) is 15.4. The molecule has 0 aliphatic rings. The molecular formula is C13H26O4. The monoisotopic (exact) mass is 246 g/mol. The second kappa shape index (κ2) is 8.48. The lowest BCUT2D eigenvalue weighted by Crippen LogP contribution is -2.29. The minimum absolute atomic E-state index is 0.0827. The molecule has 0 spiro atoms. The Balaban J connectivity index is 4.10. The lowest BCUT2D eigenvalue weighted by atomic mass is 9.98. The fraction of sp³-hybridized carbons (Fsp3) is 0.923. The highest BCUT2D eigenvalue weighted by Crippen LogP contribution is 2.19. The SMILES string of the molecule is CCCCC(COC=O)C(C)OOC(C)(C)C. The predicted molar refractivity (Wildman–Crippen MR) is 66.4 cm³/mol. The van der Waals surface area contributed by atoms with Gasteiger partial charge in [-0.3, -0.25) is 4.79 Å². The second-order valence-electron chi connectivity index (χ2n) is 5.33. The lowest BCUT2D eigenvalue weighted by molar-refractivity contribution is -0.378. The summed E-state index contributed by atoms with van der Waals surface area (Å²) in [7, 11) is 0. The number of hydrogen-bond donors (Lipinski definition) is 0. The summed E-state index contributed by atoms with van der Waals surface area (Å²) in [6.07, 6.45) is 3.10. The quantitative estimate of drug-likeness (QED) is 0.356. The maximum Gasteiger partial charge on any atom is 0.293 e. The van der Waals surface area contributed by atoms with Gasteiger partial charge in [0.05, 0.1) is 18.3 Å². The van der Waals surface area contributed by atoms with Crippen molar-refractivity contribution in [2.75, 3.05) is 6.61 Å². The van der Waals surface area contributed by atoms with Gasteiger partial charge in [0.15, 0.2) is 0 Å². The van der Waals surface area contributed by atoms with Crippen molar-refractivity contribution in [3.63, 3.8) is 0 Å². The topological polar surface area (TPSA) is 44.8 Å². The zero-order valence-electron chi connectivity index (χ0n) is 11.7. The van der Waals surface area contributed by atoms with Crippen LogP contribution in [0.3, 0.4) is 0 Å². The van der Waals surface area contributed by atoms with Crippen LogP contribution in [-0.4, -0.2) is 24.8 Å². The van der Waals surface area contributed by atoms with E-state index in [0.29, 0.717) is 13.1 Å². The molecule has 0 saturated carbocycles. The van der Waals surface area contributed by atoms with Crippen LogP contribution in [0.4, 0.5) is 0 Å². The van der Waals surface area contributed by atoms with Crippen molar-refractivity contribution in [1.82, 2.24) is 0 Å². The van der Waals surface area contributed by atoms with Gasteiger partial charge < -0.3 is 4.74 Å². The van der Waals surface area contributed by atoms with Crippen LogP contribution in [0.5, 0.6) is 0 Å². The van der Waals surface area contributed by atoms with Crippen LogP contribution in [0, 0.1) is 5.92 Å². The Hall–Kier alpha value is -0.610. The van der Waals surface area contributed by atoms with Gasteiger partial charge in [0.1, 0.15) is 0 Å². The largest absolute Gasteiger partial charge is 0.467 e. The van der Waals surface area contributed by atoms with E-state index in [1.807, 2.05) is 27.7 Å². The van der Waals surface area contributed by atoms with Gasteiger partial charge in [0.25, 0.3) is 6.47 Å². The molecule has 4 heteroatoms. The van der Waals surface area contributed by atoms with Crippen LogP contribution in [0.2, 0.25) is 0 Å². The molecule has 0 saturated heterocycles. The third-order valence-electron chi connectivity index (χ3n) is 2.42. The lowest BCUT2D eigenvalue weighted by Gasteiger charge is -2.26. The Kier molecular flexibility index (Phi) is 8.17. The van der Waals surface area contributed by atoms with Gasteiger partial charge in [-0.1, -0.05) is 19.8 Å². The first-order valence-corrected chi connectivity index (χ1v) is 6.30. The molecule has 0 radical (unpaired) electrons. The molecule has 0 aliphatic carbocycles. The Morgan fingerprint density at radius 3 is 2.41 bits per heavy atom. The molecule has 0 aromatic carbocycles. The zero-order chi connectivity index (χ0) is 13.3. The third-order valence-corrected chi connectivity index (χ3v) is 2.42. The molecule has 0 fully saturated rings. The van der Waals surface area contributed by atoms with Crippen molar-refractivity contribution in [3.05, 3.63) is 0 Å². The molecule has 0 aromatic rings. The number of hydrogen-bond acceptors (Lipinski definition) is 4. The molecule has 0 rings (SSSR count). The van der Waals surface area contributed by atoms with Crippen LogP contribution in [-0.2, 0) is 19.3 Å². The highest BCUT2D eigenvalue weighted by molar-refractivity contribution is 5.36. The summed E-state index contributed by atoms with van der Waals surface area (Å²) in [5, 5.41) is 0. The van der Waals surface area contributed by atoms with E-state index >= 15 is 0 Å². The summed E-state index contributed by atoms with van der Waals surface area (Å²) in [6.45, 7) is 10.7. The van der Waals surface area contributed by atoms with Gasteiger partial charge in [0, 0.05) is 5.92 Å². The van der Waals surface area contributed by atoms with E-state index in [4.69, 9.17) is 14.5 Å². The first-order valence-electron chi connectivity index (χ1n) is 6.30. The Morgan fingerprint density at radius 1 is 1.29 bits per heavy atom. The molecule has 2 unspecified atom stereocenters. The van der Waals surface area contributed by atoms with Crippen LogP contribution in [0.25, 0.3) is 0 Å². The molecule has 4 nitrogen and oxygen atoms in total. The van der Waals surface area contributed by atoms with Gasteiger partial charge in [-0.15, -0.1) is 0 Å². The molecule has 0 heterocycles. The van der Waals surface area contributed by atoms with Gasteiger partial charge in [-0.2, -0.15) is 0 Å². The molecule has 0 aliphatic heterocycles. The van der Waals surface area contributed by atoms with Crippen molar-refractivity contribution in [1.29, 1.82) is 0 Å². The predicted octanol–water partition coefficient (Wildman–Crippen LogP) is 3.10. The first kappa shape index (κ1) is 16.4. The van der Waals surface area contributed by atoms with Gasteiger partial charge in [-0.05, 0) is 34.1 Å². The van der Waals surface area contributed by atoms with Crippen molar-refractivity contribution in [3.8, 4) is 0 Å². The molecular weight excluding hydrogens is 220 g/mol. The summed E-state index contributed by atoms with van der Waals surface area (Å²) in [6, 6.07) is 0. The van der Waals surface area contributed by atoms with E-state index < -0.39 is 0 Å². The molecule has 0 amide bonds. The fourth-order valence-electron chi connectivity index (χ4n) is 1.38. The summed E-state index contributed by atoms with van der Waals surface area (Å²) in [5.74, 6) is 0.183. The number of rotatable bonds is 9. The minimum atomic E-state index is -0.324. The smallest absolute Gasteiger partial charge is 0.293 e. The summed E-state index contributed by atoms with van der Waals surface area (Å²) in [4.78, 5) is 20.9. The fourth-order valence-corrected chi connectivity index (χ4v) is 1.38. The maximum atomic E-state index is 10.2. The summed E-state index contributed by atoms with van der Waals surface area (Å²) in [5.41, 5.74) is -0.324. The average molecular weight is 246 g/mol. The second-order valence-corrected chi connectivity index (χ2v) is 5.33. The highest BCUT2D eigenvalue weighted by atomic mass is 17.2. The van der Waals surface area contributed by atoms with Gasteiger partial charge in [-0.25, -0.2) is 9.78 Å². The Labute approximate surface area is 105 Å². The van der Waals surface area contributed by atoms with E-state index in [1.54, 1.807) is 0 Å². The van der Waals surface area contributed by atoms with Gasteiger partial charge in [0.2, 0.25) is 0 Å². The van der Waals surface area contributed by atoms with Crippen LogP contribution in [0.1, 0.15) is 53.9 Å². The van der Waals surface area contributed by atoms with Crippen molar-refractivity contribution in [2.45, 2.75) is 65.6 Å². The molecule has 102 valence electrons. The zero-order valence-corrected chi connectivity index (χ0v) is 11.7. The summed E-state index contributed by atoms with van der Waals surface area (Å²) >= 11 is 0. The van der Waals surface area contributed by atoms with E-state index in [9.17, 15) is 4.79 Å². The maximum absolute atomic E-state index is 10.2. The first-order chi connectivity index (χ1) is 7.90. The highest BCUT2D eigenvalue weighted by Gasteiger charge is 2.22. The third kappa shape index (κ3) is 9.12. The van der Waals surface area contributed by atoms with Crippen LogP contribution in [0.15, 0.2) is 0 Å². The Morgan fingerprint density at radius 2 is 1.94 bits per heavy atom. The van der Waals surface area contributed by atoms with Crippen molar-refractivity contribution in [2.24, 2.45) is 5.92 Å². The van der Waals surface area contributed by atoms with E-state index in [2.05, 4.69) is 6.92 Å². The average Bonchev–Trinajstić information content (AvgIpc) is 2.25. The van der Waals surface area contributed by atoms with Crippen LogP contribution >= 0.6 is 0 Å². The molecule has 0 bridgehead atoms. The molecule has 0 N–H and O–H groups in total. The molecule has 2 atom stereocenters. The molecule has 17 heavy (non-hydrogen) atoms. The Bertz CT molecular complexity index is 198. The minimum Gasteiger partial charge on any atom is -0.467 e. The van der Waals surface area contributed by atoms with Crippen LogP contribution < -0.4 is 0 Å². The van der Waals surface area contributed by atoms with Crippen molar-refractivity contribution < 1.29 is 19.3 Å². The number of carbonyl (C=O) groups is 1. The van der Waals surface area contributed by atoms with E-state index in [1.165, 1.54) is 0 Å². The van der Waals surface area contributed by atoms with Gasteiger partial charge >= 0.3 is 0 Å². The number of ether oxygens (including phenoxy) is 1. The van der Waals surface area contributed by atoms with E-state index in [-0.39, 0.29) is 17.6 Å². The number of carbonyl (C=O) groups excluding carboxylic acids is 1. The van der Waals surface area contributed by atoms with Crippen molar-refractivity contribution >= 4 is 6.47 Å².